The van der Waals surface area contributed by atoms with Gasteiger partial charge in [-0.2, -0.15) is 0 Å². The number of aryl methyl sites for hydroxylation is 1. The zero-order valence-electron chi connectivity index (χ0n) is 13.7. The van der Waals surface area contributed by atoms with E-state index in [1.54, 1.807) is 11.3 Å². The van der Waals surface area contributed by atoms with Crippen LogP contribution in [0.1, 0.15) is 49.8 Å². The van der Waals surface area contributed by atoms with Crippen molar-refractivity contribution < 1.29 is 0 Å². The fraction of sp³-hybridized carbons (Fsp3) is 0.600. The summed E-state index contributed by atoms with van der Waals surface area (Å²) < 4.78 is 2.66. The van der Waals surface area contributed by atoms with Gasteiger partial charge in [-0.25, -0.2) is 0 Å². The third-order valence-corrected chi connectivity index (χ3v) is 5.62. The molecule has 2 aromatic rings. The maximum absolute atomic E-state index is 2.67. The Morgan fingerprint density at radius 2 is 1.55 bits per heavy atom. The molecule has 1 aliphatic heterocycles. The molecule has 2 heteroatoms. The summed E-state index contributed by atoms with van der Waals surface area (Å²) in [5, 5.41) is 1.53. The topological polar surface area (TPSA) is 8.17 Å². The Hall–Kier alpha value is -1.28. The zero-order valence-corrected chi connectivity index (χ0v) is 13.7. The Morgan fingerprint density at radius 1 is 0.773 bits per heavy atom. The smallest absolute Gasteiger partial charge is 0.0485 e. The fourth-order valence-corrected chi connectivity index (χ4v) is 4.44. The largest absolute Gasteiger partial charge is 0.343 e. The summed E-state index contributed by atoms with van der Waals surface area (Å²) in [6, 6.07) is 9.10. The molecule has 0 bridgehead atoms. The van der Waals surface area contributed by atoms with Crippen molar-refractivity contribution in [1.82, 2.24) is 9.47 Å². The van der Waals surface area contributed by atoms with E-state index in [4.69, 9.17) is 0 Å². The molecule has 0 N–H and O–H groups in total. The fourth-order valence-electron chi connectivity index (χ4n) is 4.44. The summed E-state index contributed by atoms with van der Waals surface area (Å²) >= 11 is 0. The van der Waals surface area contributed by atoms with Crippen LogP contribution in [0.2, 0.25) is 0 Å². The minimum atomic E-state index is 1.18. The molecule has 2 nitrogen and oxygen atoms in total. The zero-order chi connectivity index (χ0) is 14.8. The minimum absolute atomic E-state index is 1.18. The maximum Gasteiger partial charge on any atom is 0.0485 e. The Balaban J connectivity index is 1.65. The van der Waals surface area contributed by atoms with E-state index in [9.17, 15) is 0 Å². The van der Waals surface area contributed by atoms with Gasteiger partial charge in [0.15, 0.2) is 0 Å². The van der Waals surface area contributed by atoms with Crippen LogP contribution in [0, 0.1) is 0 Å². The van der Waals surface area contributed by atoms with Gasteiger partial charge >= 0.3 is 0 Å². The van der Waals surface area contributed by atoms with Crippen LogP contribution < -0.4 is 0 Å². The maximum atomic E-state index is 2.67. The number of hydrogen-bond acceptors (Lipinski definition) is 1. The average Bonchev–Trinajstić information content (AvgIpc) is 2.73. The lowest BCUT2D eigenvalue weighted by Gasteiger charge is -2.27. The summed E-state index contributed by atoms with van der Waals surface area (Å²) in [4.78, 5) is 2.67. The van der Waals surface area contributed by atoms with Crippen LogP contribution in [0.5, 0.6) is 0 Å². The highest BCUT2D eigenvalue weighted by Crippen LogP contribution is 2.31. The molecule has 2 heterocycles. The van der Waals surface area contributed by atoms with Crippen molar-refractivity contribution >= 4 is 10.9 Å². The average molecular weight is 296 g/mol. The summed E-state index contributed by atoms with van der Waals surface area (Å²) in [5.74, 6) is 0. The number of nitrogens with zero attached hydrogens (tertiary/aromatic N) is 2. The predicted molar refractivity (Wildman–Crippen MR) is 93.5 cm³/mol. The van der Waals surface area contributed by atoms with E-state index in [-0.39, 0.29) is 0 Å². The first-order valence-corrected chi connectivity index (χ1v) is 9.25. The van der Waals surface area contributed by atoms with Crippen molar-refractivity contribution in [3.8, 4) is 0 Å². The Kier molecular flexibility index (Phi) is 4.20. The highest BCUT2D eigenvalue weighted by atomic mass is 15.2. The first-order valence-electron chi connectivity index (χ1n) is 9.25. The number of fused-ring (bicyclic) bond motifs is 3. The molecule has 2 aliphatic rings. The molecule has 0 atom stereocenters. The molecule has 22 heavy (non-hydrogen) atoms. The number of rotatable bonds is 3. The van der Waals surface area contributed by atoms with Crippen LogP contribution in [0.4, 0.5) is 0 Å². The second-order valence-electron chi connectivity index (χ2n) is 7.06. The highest BCUT2D eigenvalue weighted by Gasteiger charge is 2.19. The van der Waals surface area contributed by atoms with Crippen LogP contribution in [-0.4, -0.2) is 29.1 Å². The Bertz CT molecular complexity index is 634. The Morgan fingerprint density at radius 3 is 2.45 bits per heavy atom. The molecular weight excluding hydrogens is 268 g/mol. The summed E-state index contributed by atoms with van der Waals surface area (Å²) in [6.07, 6.45) is 10.9. The molecule has 4 rings (SSSR count). The van der Waals surface area contributed by atoms with E-state index in [0.717, 1.165) is 0 Å². The molecule has 1 aromatic heterocycles. The van der Waals surface area contributed by atoms with Crippen molar-refractivity contribution in [1.29, 1.82) is 0 Å². The molecule has 0 spiro atoms. The van der Waals surface area contributed by atoms with E-state index >= 15 is 0 Å². The number of para-hydroxylation sites is 1. The molecule has 118 valence electrons. The van der Waals surface area contributed by atoms with Crippen molar-refractivity contribution in [2.45, 2.75) is 57.9 Å². The molecule has 0 unspecified atom stereocenters. The molecule has 0 amide bonds. The molecule has 1 fully saturated rings. The molecule has 1 saturated heterocycles. The van der Waals surface area contributed by atoms with E-state index in [1.807, 2.05) is 0 Å². The molecular formula is C20H28N2. The first kappa shape index (κ1) is 14.3. The summed E-state index contributed by atoms with van der Waals surface area (Å²) in [7, 11) is 0. The van der Waals surface area contributed by atoms with Crippen molar-refractivity contribution in [3.63, 3.8) is 0 Å². The normalized spacial score (nSPS) is 20.0. The SMILES string of the molecule is c1ccc2c(c1)c1c(n2CCN2CCCCC2)CCCCC1. The monoisotopic (exact) mass is 296 g/mol. The third-order valence-electron chi connectivity index (χ3n) is 5.62. The van der Waals surface area contributed by atoms with Gasteiger partial charge in [-0.1, -0.05) is 31.0 Å². The van der Waals surface area contributed by atoms with Crippen LogP contribution in [0.3, 0.4) is 0 Å². The number of hydrogen-bond donors (Lipinski definition) is 0. The lowest BCUT2D eigenvalue weighted by Crippen LogP contribution is -2.32. The molecule has 1 aliphatic carbocycles. The first-order chi connectivity index (χ1) is 10.9. The van der Waals surface area contributed by atoms with Gasteiger partial charge in [-0.15, -0.1) is 0 Å². The second-order valence-corrected chi connectivity index (χ2v) is 7.06. The standard InChI is InChI=1S/C20H28N2/c1-3-9-17-18-10-5-6-12-20(18)22(19(17)11-4-1)16-15-21-13-7-2-8-14-21/h5-6,10,12H,1-4,7-9,11,13-16H2. The van der Waals surface area contributed by atoms with Crippen LogP contribution in [0.25, 0.3) is 10.9 Å². The van der Waals surface area contributed by atoms with Gasteiger partial charge in [-0.3, -0.25) is 0 Å². The summed E-state index contributed by atoms with van der Waals surface area (Å²) in [5.41, 5.74) is 4.79. The van der Waals surface area contributed by atoms with E-state index in [0.29, 0.717) is 0 Å². The van der Waals surface area contributed by atoms with Crippen LogP contribution in [-0.2, 0) is 19.4 Å². The Labute approximate surface area is 134 Å². The van der Waals surface area contributed by atoms with Gasteiger partial charge < -0.3 is 9.47 Å². The van der Waals surface area contributed by atoms with Crippen molar-refractivity contribution in [2.24, 2.45) is 0 Å². The van der Waals surface area contributed by atoms with Crippen molar-refractivity contribution in [2.75, 3.05) is 19.6 Å². The highest BCUT2D eigenvalue weighted by molar-refractivity contribution is 5.85. The quantitative estimate of drug-likeness (QED) is 0.762. The van der Waals surface area contributed by atoms with Gasteiger partial charge in [0, 0.05) is 29.7 Å². The lowest BCUT2D eigenvalue weighted by atomic mass is 10.1. The van der Waals surface area contributed by atoms with Crippen LogP contribution >= 0.6 is 0 Å². The van der Waals surface area contributed by atoms with E-state index in [1.165, 1.54) is 88.4 Å². The minimum Gasteiger partial charge on any atom is -0.343 e. The summed E-state index contributed by atoms with van der Waals surface area (Å²) in [6.45, 7) is 5.02. The van der Waals surface area contributed by atoms with Gasteiger partial charge in [0.1, 0.15) is 0 Å². The predicted octanol–water partition coefficient (Wildman–Crippen LogP) is 4.40. The molecule has 0 radical (unpaired) electrons. The van der Waals surface area contributed by atoms with Gasteiger partial charge in [-0.05, 0) is 63.2 Å². The van der Waals surface area contributed by atoms with Gasteiger partial charge in [0.05, 0.1) is 0 Å². The number of benzene rings is 1. The second kappa shape index (κ2) is 6.45. The number of aromatic nitrogens is 1. The molecule has 0 saturated carbocycles. The van der Waals surface area contributed by atoms with Gasteiger partial charge in [0.2, 0.25) is 0 Å². The lowest BCUT2D eigenvalue weighted by molar-refractivity contribution is 0.221. The molecule has 1 aromatic carbocycles. The van der Waals surface area contributed by atoms with E-state index < -0.39 is 0 Å². The van der Waals surface area contributed by atoms with E-state index in [2.05, 4.69) is 33.7 Å². The third kappa shape index (κ3) is 2.69. The number of likely N-dealkylation sites (tertiary alicyclic amines) is 1. The van der Waals surface area contributed by atoms with Gasteiger partial charge in [0.25, 0.3) is 0 Å². The number of piperidine rings is 1. The van der Waals surface area contributed by atoms with Crippen molar-refractivity contribution in [3.05, 3.63) is 35.5 Å². The van der Waals surface area contributed by atoms with Crippen LogP contribution in [0.15, 0.2) is 24.3 Å².